The average molecular weight is 299 g/mol. The van der Waals surface area contributed by atoms with Crippen molar-refractivity contribution in [2.24, 2.45) is 5.73 Å². The van der Waals surface area contributed by atoms with Crippen LogP contribution in [0.4, 0.5) is 4.79 Å². The van der Waals surface area contributed by atoms with Crippen LogP contribution in [0.1, 0.15) is 56.3 Å². The van der Waals surface area contributed by atoms with Crippen LogP contribution in [0.5, 0.6) is 0 Å². The number of hydrogen-bond donors (Lipinski definition) is 2. The monoisotopic (exact) mass is 299 g/mol. The minimum Gasteiger partial charge on any atom is -0.444 e. The molecule has 0 saturated heterocycles. The quantitative estimate of drug-likeness (QED) is 0.876. The SMILES string of the molecule is CC(C)c1ncc(C(CN)CNC(=O)OC(C)(C)C)s1. The Balaban J connectivity index is 2.56. The summed E-state index contributed by atoms with van der Waals surface area (Å²) in [6.07, 6.45) is 1.44. The van der Waals surface area contributed by atoms with E-state index < -0.39 is 11.7 Å². The molecular weight excluding hydrogens is 274 g/mol. The van der Waals surface area contributed by atoms with Crippen LogP contribution in [0.3, 0.4) is 0 Å². The van der Waals surface area contributed by atoms with E-state index in [0.29, 0.717) is 19.0 Å². The van der Waals surface area contributed by atoms with E-state index in [1.807, 2.05) is 27.0 Å². The Bertz CT molecular complexity index is 438. The van der Waals surface area contributed by atoms with E-state index >= 15 is 0 Å². The highest BCUT2D eigenvalue weighted by Crippen LogP contribution is 2.26. The summed E-state index contributed by atoms with van der Waals surface area (Å²) < 4.78 is 5.21. The van der Waals surface area contributed by atoms with Crippen molar-refractivity contribution in [2.75, 3.05) is 13.1 Å². The lowest BCUT2D eigenvalue weighted by molar-refractivity contribution is 0.0525. The van der Waals surface area contributed by atoms with Gasteiger partial charge in [0, 0.05) is 36.0 Å². The average Bonchev–Trinajstić information content (AvgIpc) is 2.77. The highest BCUT2D eigenvalue weighted by Gasteiger charge is 2.19. The van der Waals surface area contributed by atoms with Crippen LogP contribution in [-0.2, 0) is 4.74 Å². The number of rotatable bonds is 5. The number of amides is 1. The van der Waals surface area contributed by atoms with Gasteiger partial charge in [-0.2, -0.15) is 0 Å². The summed E-state index contributed by atoms with van der Waals surface area (Å²) in [7, 11) is 0. The van der Waals surface area contributed by atoms with Crippen LogP contribution >= 0.6 is 11.3 Å². The first-order valence-electron chi connectivity index (χ1n) is 6.85. The van der Waals surface area contributed by atoms with Gasteiger partial charge >= 0.3 is 6.09 Å². The van der Waals surface area contributed by atoms with Crippen molar-refractivity contribution in [1.82, 2.24) is 10.3 Å². The smallest absolute Gasteiger partial charge is 0.407 e. The second-order valence-electron chi connectivity index (χ2n) is 6.07. The number of alkyl carbamates (subject to hydrolysis) is 1. The number of hydrogen-bond acceptors (Lipinski definition) is 5. The zero-order chi connectivity index (χ0) is 15.3. The van der Waals surface area contributed by atoms with Crippen LogP contribution in [0.15, 0.2) is 6.20 Å². The molecule has 114 valence electrons. The molecule has 3 N–H and O–H groups in total. The molecule has 0 bridgehead atoms. The highest BCUT2D eigenvalue weighted by molar-refractivity contribution is 7.11. The molecule has 1 atom stereocenters. The first-order chi connectivity index (χ1) is 9.23. The first kappa shape index (κ1) is 16.9. The van der Waals surface area contributed by atoms with Gasteiger partial charge in [-0.25, -0.2) is 9.78 Å². The minimum atomic E-state index is -0.488. The summed E-state index contributed by atoms with van der Waals surface area (Å²) in [5, 5.41) is 3.86. The number of ether oxygens (including phenoxy) is 1. The lowest BCUT2D eigenvalue weighted by atomic mass is 10.1. The summed E-state index contributed by atoms with van der Waals surface area (Å²) in [5.74, 6) is 0.485. The fourth-order valence-electron chi connectivity index (χ4n) is 1.58. The number of nitrogens with two attached hydrogens (primary N) is 1. The molecule has 0 aliphatic carbocycles. The Kier molecular flexibility index (Phi) is 5.95. The molecule has 0 aromatic carbocycles. The Morgan fingerprint density at radius 3 is 2.60 bits per heavy atom. The summed E-state index contributed by atoms with van der Waals surface area (Å²) in [4.78, 5) is 17.1. The van der Waals surface area contributed by atoms with Crippen molar-refractivity contribution in [2.45, 2.75) is 52.1 Å². The third-order valence-electron chi connectivity index (χ3n) is 2.61. The molecule has 1 heterocycles. The fourth-order valence-corrected chi connectivity index (χ4v) is 2.61. The summed E-state index contributed by atoms with van der Waals surface area (Å²) in [6, 6.07) is 0. The lowest BCUT2D eigenvalue weighted by Crippen LogP contribution is -2.36. The summed E-state index contributed by atoms with van der Waals surface area (Å²) >= 11 is 1.66. The Hall–Kier alpha value is -1.14. The predicted octanol–water partition coefficient (Wildman–Crippen LogP) is 2.83. The maximum absolute atomic E-state index is 11.6. The van der Waals surface area contributed by atoms with Crippen LogP contribution in [0.25, 0.3) is 0 Å². The Labute approximate surface area is 124 Å². The van der Waals surface area contributed by atoms with Crippen LogP contribution in [0.2, 0.25) is 0 Å². The molecular formula is C14H25N3O2S. The van der Waals surface area contributed by atoms with E-state index in [1.54, 1.807) is 11.3 Å². The molecule has 1 unspecified atom stereocenters. The number of nitrogens with one attached hydrogen (secondary N) is 1. The topological polar surface area (TPSA) is 77.2 Å². The zero-order valence-electron chi connectivity index (χ0n) is 12.9. The van der Waals surface area contributed by atoms with Crippen molar-refractivity contribution in [3.63, 3.8) is 0 Å². The molecule has 0 fully saturated rings. The van der Waals surface area contributed by atoms with E-state index in [-0.39, 0.29) is 5.92 Å². The standard InChI is InChI=1S/C14H25N3O2S/c1-9(2)12-16-8-11(20-12)10(6-15)7-17-13(18)19-14(3,4)5/h8-10H,6-7,15H2,1-5H3,(H,17,18). The van der Waals surface area contributed by atoms with Gasteiger partial charge in [0.05, 0.1) is 5.01 Å². The third-order valence-corrected chi connectivity index (χ3v) is 4.07. The minimum absolute atomic E-state index is 0.0764. The van der Waals surface area contributed by atoms with Crippen LogP contribution < -0.4 is 11.1 Å². The maximum atomic E-state index is 11.6. The molecule has 1 aromatic heterocycles. The number of carbonyl (C=O) groups excluding carboxylic acids is 1. The van der Waals surface area contributed by atoms with E-state index in [2.05, 4.69) is 24.1 Å². The number of aromatic nitrogens is 1. The van der Waals surface area contributed by atoms with Gasteiger partial charge in [0.1, 0.15) is 5.60 Å². The third kappa shape index (κ3) is 5.46. The number of carbonyl (C=O) groups is 1. The summed E-state index contributed by atoms with van der Waals surface area (Å²) in [5.41, 5.74) is 5.30. The lowest BCUT2D eigenvalue weighted by Gasteiger charge is -2.21. The second-order valence-corrected chi connectivity index (χ2v) is 7.16. The van der Waals surface area contributed by atoms with Crippen molar-refractivity contribution in [1.29, 1.82) is 0 Å². The van der Waals surface area contributed by atoms with E-state index in [4.69, 9.17) is 10.5 Å². The first-order valence-corrected chi connectivity index (χ1v) is 7.67. The molecule has 0 aliphatic heterocycles. The van der Waals surface area contributed by atoms with E-state index in [1.165, 1.54) is 0 Å². The zero-order valence-corrected chi connectivity index (χ0v) is 13.7. The molecule has 1 amide bonds. The second kappa shape index (κ2) is 7.04. The van der Waals surface area contributed by atoms with Gasteiger partial charge in [-0.05, 0) is 20.8 Å². The van der Waals surface area contributed by atoms with Crippen LogP contribution in [0, 0.1) is 0 Å². The van der Waals surface area contributed by atoms with Gasteiger partial charge in [-0.1, -0.05) is 13.8 Å². The normalized spacial score (nSPS) is 13.3. The van der Waals surface area contributed by atoms with Crippen molar-refractivity contribution < 1.29 is 9.53 Å². The molecule has 20 heavy (non-hydrogen) atoms. The van der Waals surface area contributed by atoms with Crippen molar-refractivity contribution in [3.05, 3.63) is 16.1 Å². The Morgan fingerprint density at radius 1 is 1.50 bits per heavy atom. The predicted molar refractivity (Wildman–Crippen MR) is 82.2 cm³/mol. The highest BCUT2D eigenvalue weighted by atomic mass is 32.1. The molecule has 0 radical (unpaired) electrons. The molecule has 5 nitrogen and oxygen atoms in total. The van der Waals surface area contributed by atoms with Crippen LogP contribution in [-0.4, -0.2) is 29.8 Å². The van der Waals surface area contributed by atoms with Crippen molar-refractivity contribution in [3.8, 4) is 0 Å². The van der Waals surface area contributed by atoms with Crippen molar-refractivity contribution >= 4 is 17.4 Å². The fraction of sp³-hybridized carbons (Fsp3) is 0.714. The molecule has 1 aromatic rings. The van der Waals surface area contributed by atoms with Gasteiger partial charge in [0.15, 0.2) is 0 Å². The van der Waals surface area contributed by atoms with Gasteiger partial charge in [-0.15, -0.1) is 11.3 Å². The largest absolute Gasteiger partial charge is 0.444 e. The van der Waals surface area contributed by atoms with Gasteiger partial charge in [0.25, 0.3) is 0 Å². The molecule has 0 spiro atoms. The van der Waals surface area contributed by atoms with E-state index in [0.717, 1.165) is 9.88 Å². The molecule has 6 heteroatoms. The molecule has 0 aliphatic rings. The molecule has 1 rings (SSSR count). The maximum Gasteiger partial charge on any atom is 0.407 e. The van der Waals surface area contributed by atoms with Gasteiger partial charge in [-0.3, -0.25) is 0 Å². The number of nitrogens with zero attached hydrogens (tertiary/aromatic N) is 1. The number of thiazole rings is 1. The molecule has 0 saturated carbocycles. The summed E-state index contributed by atoms with van der Waals surface area (Å²) in [6.45, 7) is 10.7. The van der Waals surface area contributed by atoms with E-state index in [9.17, 15) is 4.79 Å². The Morgan fingerprint density at radius 2 is 2.15 bits per heavy atom. The van der Waals surface area contributed by atoms with Gasteiger partial charge in [0.2, 0.25) is 0 Å². The van der Waals surface area contributed by atoms with Gasteiger partial charge < -0.3 is 15.8 Å².